The predicted molar refractivity (Wildman–Crippen MR) is 174 cm³/mol. The van der Waals surface area contributed by atoms with Crippen LogP contribution < -0.4 is 42.2 Å². The van der Waals surface area contributed by atoms with E-state index >= 15 is 0 Å². The predicted octanol–water partition coefficient (Wildman–Crippen LogP) is 3.76. The van der Waals surface area contributed by atoms with Crippen LogP contribution in [0.4, 0.5) is 11.4 Å². The fraction of sp³-hybridized carbons (Fsp3) is 0.636. The molecule has 0 aromatic heterocycles. The van der Waals surface area contributed by atoms with Gasteiger partial charge in [0.15, 0.2) is 0 Å². The van der Waals surface area contributed by atoms with Crippen molar-refractivity contribution < 1.29 is 9.47 Å². The van der Waals surface area contributed by atoms with Gasteiger partial charge in [0.05, 0.1) is 13.7 Å². The van der Waals surface area contributed by atoms with Gasteiger partial charge in [-0.15, -0.1) is 0 Å². The highest BCUT2D eigenvalue weighted by Crippen LogP contribution is 2.39. The summed E-state index contributed by atoms with van der Waals surface area (Å²) in [6.45, 7) is 11.7. The second kappa shape index (κ2) is 16.8. The van der Waals surface area contributed by atoms with E-state index in [4.69, 9.17) is 32.4 Å². The third-order valence-corrected chi connectivity index (χ3v) is 8.31. The van der Waals surface area contributed by atoms with Crippen LogP contribution in [-0.4, -0.2) is 65.1 Å². The lowest BCUT2D eigenvalue weighted by molar-refractivity contribution is 0.303. The number of unbranched alkanes of at least 4 members (excludes halogenated alkanes) is 1. The second-order valence-electron chi connectivity index (χ2n) is 11.2. The number of piperazine rings is 1. The molecule has 2 unspecified atom stereocenters. The van der Waals surface area contributed by atoms with Crippen LogP contribution in [0.15, 0.2) is 24.3 Å². The van der Waals surface area contributed by atoms with Crippen molar-refractivity contribution in [3.63, 3.8) is 0 Å². The molecule has 2 aromatic rings. The molecule has 0 spiro atoms. The van der Waals surface area contributed by atoms with Crippen molar-refractivity contribution in [3.05, 3.63) is 46.5 Å². The third-order valence-electron chi connectivity index (χ3n) is 8.31. The standard InChI is InChI=1S/C33H56N6O2/c1-5-8-17-41-33-26(11-15-36)18-30(19-27(33)12-16-37)39-28(6-2)22-38(23-29(39)7-3)32-24(9-13-34)20-31(40-4)21-25(32)10-14-35/h18-21,28-29H,5-17,22-23,34-37H2,1-4H3. The first-order chi connectivity index (χ1) is 20.0. The van der Waals surface area contributed by atoms with Crippen molar-refractivity contribution in [1.29, 1.82) is 0 Å². The maximum absolute atomic E-state index is 6.36. The van der Waals surface area contributed by atoms with Crippen molar-refractivity contribution in [2.24, 2.45) is 22.9 Å². The lowest BCUT2D eigenvalue weighted by Gasteiger charge is -2.50. The largest absolute Gasteiger partial charge is 0.497 e. The molecular formula is C33H56N6O2. The van der Waals surface area contributed by atoms with Gasteiger partial charge >= 0.3 is 0 Å². The summed E-state index contributed by atoms with van der Waals surface area (Å²) in [7, 11) is 1.73. The molecule has 0 amide bonds. The smallest absolute Gasteiger partial charge is 0.125 e. The maximum atomic E-state index is 6.36. The minimum absolute atomic E-state index is 0.343. The molecule has 0 radical (unpaired) electrons. The molecule has 0 bridgehead atoms. The van der Waals surface area contributed by atoms with E-state index in [1.165, 1.54) is 33.6 Å². The molecular weight excluding hydrogens is 512 g/mol. The Bertz CT molecular complexity index is 1010. The van der Waals surface area contributed by atoms with Crippen molar-refractivity contribution in [2.45, 2.75) is 84.2 Å². The summed E-state index contributed by atoms with van der Waals surface area (Å²) >= 11 is 0. The molecule has 8 N–H and O–H groups in total. The molecule has 0 aliphatic carbocycles. The lowest BCUT2D eigenvalue weighted by atomic mass is 9.94. The summed E-state index contributed by atoms with van der Waals surface area (Å²) < 4.78 is 12.0. The monoisotopic (exact) mass is 568 g/mol. The lowest BCUT2D eigenvalue weighted by Crippen LogP contribution is -2.59. The first-order valence-corrected chi connectivity index (χ1v) is 15.8. The topological polar surface area (TPSA) is 129 Å². The number of nitrogens with two attached hydrogens (primary N) is 4. The molecule has 3 rings (SSSR count). The Labute approximate surface area is 248 Å². The van der Waals surface area contributed by atoms with E-state index in [0.29, 0.717) is 38.3 Å². The Morgan fingerprint density at radius 1 is 0.732 bits per heavy atom. The van der Waals surface area contributed by atoms with Crippen LogP contribution in [0.2, 0.25) is 0 Å². The van der Waals surface area contributed by atoms with Gasteiger partial charge in [0, 0.05) is 36.5 Å². The Morgan fingerprint density at radius 2 is 1.22 bits per heavy atom. The minimum atomic E-state index is 0.343. The molecule has 2 atom stereocenters. The second-order valence-corrected chi connectivity index (χ2v) is 11.2. The fourth-order valence-electron chi connectivity index (χ4n) is 6.33. The summed E-state index contributed by atoms with van der Waals surface area (Å²) in [5.41, 5.74) is 31.8. The van der Waals surface area contributed by atoms with Gasteiger partial charge in [-0.2, -0.15) is 0 Å². The Balaban J connectivity index is 2.06. The van der Waals surface area contributed by atoms with Crippen LogP contribution >= 0.6 is 0 Å². The van der Waals surface area contributed by atoms with Crippen LogP contribution in [0.25, 0.3) is 0 Å². The summed E-state index contributed by atoms with van der Waals surface area (Å²) in [5, 5.41) is 0. The zero-order chi connectivity index (χ0) is 29.8. The van der Waals surface area contributed by atoms with Gasteiger partial charge in [-0.05, 0) is 118 Å². The van der Waals surface area contributed by atoms with Crippen LogP contribution in [0.1, 0.15) is 68.7 Å². The number of anilines is 2. The van der Waals surface area contributed by atoms with Crippen LogP contribution in [-0.2, 0) is 25.7 Å². The number of ether oxygens (including phenoxy) is 2. The third kappa shape index (κ3) is 8.07. The van der Waals surface area contributed by atoms with E-state index in [1.807, 2.05) is 0 Å². The highest BCUT2D eigenvalue weighted by Gasteiger charge is 2.35. The van der Waals surface area contributed by atoms with E-state index in [2.05, 4.69) is 54.8 Å². The number of hydrogen-bond acceptors (Lipinski definition) is 8. The van der Waals surface area contributed by atoms with E-state index < -0.39 is 0 Å². The van der Waals surface area contributed by atoms with Crippen LogP contribution in [0.5, 0.6) is 11.5 Å². The molecule has 41 heavy (non-hydrogen) atoms. The average molecular weight is 569 g/mol. The summed E-state index contributed by atoms with van der Waals surface area (Å²) in [5.74, 6) is 1.87. The highest BCUT2D eigenvalue weighted by molar-refractivity contribution is 5.66. The zero-order valence-electron chi connectivity index (χ0n) is 26.1. The zero-order valence-corrected chi connectivity index (χ0v) is 26.1. The molecule has 2 aromatic carbocycles. The molecule has 1 aliphatic heterocycles. The number of rotatable bonds is 17. The molecule has 1 saturated heterocycles. The molecule has 1 heterocycles. The summed E-state index contributed by atoms with van der Waals surface area (Å²) in [4.78, 5) is 5.26. The number of benzene rings is 2. The molecule has 1 fully saturated rings. The van der Waals surface area contributed by atoms with Crippen molar-refractivity contribution >= 4 is 11.4 Å². The molecule has 1 aliphatic rings. The van der Waals surface area contributed by atoms with E-state index in [-0.39, 0.29) is 0 Å². The summed E-state index contributed by atoms with van der Waals surface area (Å²) in [6.07, 6.45) is 7.40. The van der Waals surface area contributed by atoms with Gasteiger partial charge in [0.2, 0.25) is 0 Å². The van der Waals surface area contributed by atoms with Gasteiger partial charge in [-0.3, -0.25) is 0 Å². The van der Waals surface area contributed by atoms with Gasteiger partial charge in [0.25, 0.3) is 0 Å². The molecule has 230 valence electrons. The van der Waals surface area contributed by atoms with E-state index in [9.17, 15) is 0 Å². The quantitative estimate of drug-likeness (QED) is 0.212. The summed E-state index contributed by atoms with van der Waals surface area (Å²) in [6, 6.07) is 9.67. The van der Waals surface area contributed by atoms with E-state index in [1.54, 1.807) is 7.11 Å². The molecule has 8 heteroatoms. The average Bonchev–Trinajstić information content (AvgIpc) is 2.98. The van der Waals surface area contributed by atoms with Gasteiger partial charge in [0.1, 0.15) is 11.5 Å². The molecule has 0 saturated carbocycles. The van der Waals surface area contributed by atoms with Gasteiger partial charge in [-0.1, -0.05) is 27.2 Å². The van der Waals surface area contributed by atoms with Gasteiger partial charge in [-0.25, -0.2) is 0 Å². The SMILES string of the molecule is CCCCOc1c(CCN)cc(N2C(CC)CN(c3c(CCN)cc(OC)cc3CCN)CC2CC)cc1CCN. The first-order valence-electron chi connectivity index (χ1n) is 15.8. The van der Waals surface area contributed by atoms with Crippen LogP contribution in [0, 0.1) is 0 Å². The van der Waals surface area contributed by atoms with Crippen LogP contribution in [0.3, 0.4) is 0 Å². The Hall–Kier alpha value is -2.52. The number of hydrogen-bond donors (Lipinski definition) is 4. The van der Waals surface area contributed by atoms with Crippen molar-refractivity contribution in [1.82, 2.24) is 0 Å². The van der Waals surface area contributed by atoms with Crippen molar-refractivity contribution in [2.75, 3.05) is 62.8 Å². The fourth-order valence-corrected chi connectivity index (χ4v) is 6.33. The maximum Gasteiger partial charge on any atom is 0.125 e. The minimum Gasteiger partial charge on any atom is -0.497 e. The molecule has 8 nitrogen and oxygen atoms in total. The van der Waals surface area contributed by atoms with Crippen molar-refractivity contribution in [3.8, 4) is 11.5 Å². The number of methoxy groups -OCH3 is 1. The Morgan fingerprint density at radius 3 is 1.63 bits per heavy atom. The number of nitrogens with zero attached hydrogens (tertiary/aromatic N) is 2. The van der Waals surface area contributed by atoms with E-state index in [0.717, 1.165) is 82.6 Å². The first kappa shape index (κ1) is 33.0. The highest BCUT2D eigenvalue weighted by atomic mass is 16.5. The Kier molecular flexibility index (Phi) is 13.5. The van der Waals surface area contributed by atoms with Gasteiger partial charge < -0.3 is 42.2 Å². The normalized spacial score (nSPS) is 17.3.